The van der Waals surface area contributed by atoms with E-state index in [-0.39, 0.29) is 27.7 Å². The summed E-state index contributed by atoms with van der Waals surface area (Å²) in [6, 6.07) is 0. The SMILES string of the molecule is NC(=O)c1c(N)[nH]c(SCC(=O)O)c1C(N)=O. The van der Waals surface area contributed by atoms with Crippen LogP contribution in [0.25, 0.3) is 0 Å². The molecule has 0 spiro atoms. The average Bonchev–Trinajstić information content (AvgIpc) is 2.52. The molecule has 0 unspecified atom stereocenters. The Balaban J connectivity index is 3.22. The van der Waals surface area contributed by atoms with Crippen LogP contribution in [-0.4, -0.2) is 33.6 Å². The van der Waals surface area contributed by atoms with Crippen molar-refractivity contribution in [2.75, 3.05) is 11.5 Å². The summed E-state index contributed by atoms with van der Waals surface area (Å²) in [4.78, 5) is 35.2. The summed E-state index contributed by atoms with van der Waals surface area (Å²) in [5, 5.41) is 8.63. The molecule has 0 saturated heterocycles. The number of nitrogens with one attached hydrogen (secondary N) is 1. The van der Waals surface area contributed by atoms with E-state index in [1.165, 1.54) is 0 Å². The van der Waals surface area contributed by atoms with Gasteiger partial charge in [-0.3, -0.25) is 14.4 Å². The van der Waals surface area contributed by atoms with Gasteiger partial charge in [0.2, 0.25) is 0 Å². The van der Waals surface area contributed by atoms with Crippen molar-refractivity contribution in [3.8, 4) is 0 Å². The van der Waals surface area contributed by atoms with Crippen LogP contribution in [0.1, 0.15) is 20.7 Å². The number of amides is 2. The van der Waals surface area contributed by atoms with Crippen molar-refractivity contribution < 1.29 is 19.5 Å². The molecule has 0 bridgehead atoms. The fourth-order valence-corrected chi connectivity index (χ4v) is 2.03. The monoisotopic (exact) mass is 258 g/mol. The van der Waals surface area contributed by atoms with Crippen molar-refractivity contribution in [3.05, 3.63) is 11.1 Å². The molecule has 2 amide bonds. The number of hydrogen-bond acceptors (Lipinski definition) is 5. The molecule has 0 fully saturated rings. The summed E-state index contributed by atoms with van der Waals surface area (Å²) in [7, 11) is 0. The van der Waals surface area contributed by atoms with Gasteiger partial charge in [0, 0.05) is 0 Å². The Morgan fingerprint density at radius 3 is 2.12 bits per heavy atom. The number of carbonyl (C=O) groups is 3. The van der Waals surface area contributed by atoms with Crippen LogP contribution in [0.15, 0.2) is 5.03 Å². The van der Waals surface area contributed by atoms with Gasteiger partial charge in [-0.1, -0.05) is 11.8 Å². The number of rotatable bonds is 5. The Bertz CT molecular complexity index is 496. The molecule has 0 saturated carbocycles. The second kappa shape index (κ2) is 4.78. The molecule has 0 aliphatic rings. The predicted octanol–water partition coefficient (Wildman–Crippen LogP) is -1.03. The number of aromatic nitrogens is 1. The second-order valence-corrected chi connectivity index (χ2v) is 4.01. The van der Waals surface area contributed by atoms with Crippen molar-refractivity contribution in [1.29, 1.82) is 0 Å². The van der Waals surface area contributed by atoms with Gasteiger partial charge in [-0.15, -0.1) is 0 Å². The van der Waals surface area contributed by atoms with Crippen molar-refractivity contribution in [2.45, 2.75) is 5.03 Å². The second-order valence-electron chi connectivity index (χ2n) is 3.03. The van der Waals surface area contributed by atoms with Crippen molar-refractivity contribution in [2.24, 2.45) is 11.5 Å². The highest BCUT2D eigenvalue weighted by atomic mass is 32.2. The summed E-state index contributed by atoms with van der Waals surface area (Å²) in [5.41, 5.74) is 15.2. The average molecular weight is 258 g/mol. The van der Waals surface area contributed by atoms with E-state index >= 15 is 0 Å². The van der Waals surface area contributed by atoms with E-state index in [1.807, 2.05) is 0 Å². The molecule has 1 aromatic heterocycles. The molecule has 0 atom stereocenters. The number of carboxylic acid groups (broad SMARTS) is 1. The van der Waals surface area contributed by atoms with Crippen LogP contribution in [0.5, 0.6) is 0 Å². The number of carboxylic acids is 1. The van der Waals surface area contributed by atoms with Crippen molar-refractivity contribution in [3.63, 3.8) is 0 Å². The molecule has 1 rings (SSSR count). The molecule has 8 N–H and O–H groups in total. The normalized spacial score (nSPS) is 10.1. The van der Waals surface area contributed by atoms with E-state index in [0.29, 0.717) is 0 Å². The van der Waals surface area contributed by atoms with Gasteiger partial charge in [-0.2, -0.15) is 0 Å². The van der Waals surface area contributed by atoms with Gasteiger partial charge in [0.1, 0.15) is 5.82 Å². The zero-order valence-corrected chi connectivity index (χ0v) is 9.34. The Hall–Kier alpha value is -2.16. The van der Waals surface area contributed by atoms with Crippen LogP contribution < -0.4 is 17.2 Å². The standard InChI is InChI=1S/C8H10N4O4S/c9-5-3(6(10)15)4(7(11)16)8(12-5)17-1-2(13)14/h12H,1,9H2,(H2,10,15)(H2,11,16)(H,13,14). The van der Waals surface area contributed by atoms with E-state index in [0.717, 1.165) is 11.8 Å². The quantitative estimate of drug-likeness (QED) is 0.423. The first-order valence-corrected chi connectivity index (χ1v) is 5.28. The first-order chi connectivity index (χ1) is 7.84. The summed E-state index contributed by atoms with van der Waals surface area (Å²) in [6.45, 7) is 0. The van der Waals surface area contributed by atoms with E-state index in [1.54, 1.807) is 0 Å². The molecule has 1 heterocycles. The number of aromatic amines is 1. The van der Waals surface area contributed by atoms with E-state index in [4.69, 9.17) is 22.3 Å². The number of nitrogen functional groups attached to an aromatic ring is 1. The maximum absolute atomic E-state index is 11.2. The summed E-state index contributed by atoms with van der Waals surface area (Å²) in [6.07, 6.45) is 0. The van der Waals surface area contributed by atoms with Gasteiger partial charge >= 0.3 is 5.97 Å². The minimum Gasteiger partial charge on any atom is -0.481 e. The maximum Gasteiger partial charge on any atom is 0.313 e. The number of anilines is 1. The van der Waals surface area contributed by atoms with Gasteiger partial charge in [0.05, 0.1) is 21.9 Å². The van der Waals surface area contributed by atoms with Crippen LogP contribution >= 0.6 is 11.8 Å². The smallest absolute Gasteiger partial charge is 0.313 e. The lowest BCUT2D eigenvalue weighted by atomic mass is 10.1. The van der Waals surface area contributed by atoms with Crippen LogP contribution in [0.3, 0.4) is 0 Å². The minimum absolute atomic E-state index is 0.112. The molecule has 0 aromatic carbocycles. The maximum atomic E-state index is 11.2. The molecule has 0 aliphatic carbocycles. The van der Waals surface area contributed by atoms with Crippen LogP contribution in [-0.2, 0) is 4.79 Å². The molecule has 8 nitrogen and oxygen atoms in total. The number of aliphatic carboxylic acids is 1. The molecule has 92 valence electrons. The summed E-state index contributed by atoms with van der Waals surface area (Å²) >= 11 is 0.792. The topological polar surface area (TPSA) is 165 Å². The lowest BCUT2D eigenvalue weighted by Crippen LogP contribution is -2.20. The number of thioether (sulfide) groups is 1. The van der Waals surface area contributed by atoms with Crippen molar-refractivity contribution >= 4 is 35.4 Å². The zero-order valence-electron chi connectivity index (χ0n) is 8.52. The highest BCUT2D eigenvalue weighted by molar-refractivity contribution is 8.00. The molecule has 0 aliphatic heterocycles. The van der Waals surface area contributed by atoms with Gasteiger partial charge in [0.25, 0.3) is 11.8 Å². The third kappa shape index (κ3) is 2.69. The Kier molecular flexibility index (Phi) is 3.63. The fourth-order valence-electron chi connectivity index (χ4n) is 1.23. The minimum atomic E-state index is -1.08. The van der Waals surface area contributed by atoms with E-state index in [2.05, 4.69) is 4.98 Å². The number of H-pyrrole nitrogens is 1. The lowest BCUT2D eigenvalue weighted by molar-refractivity contribution is -0.133. The highest BCUT2D eigenvalue weighted by Gasteiger charge is 2.24. The van der Waals surface area contributed by atoms with Crippen LogP contribution in [0.2, 0.25) is 0 Å². The van der Waals surface area contributed by atoms with Crippen molar-refractivity contribution in [1.82, 2.24) is 4.98 Å². The summed E-state index contributed by atoms with van der Waals surface area (Å²) < 4.78 is 0. The van der Waals surface area contributed by atoms with Gasteiger partial charge in [-0.25, -0.2) is 0 Å². The molecule has 1 aromatic rings. The lowest BCUT2D eigenvalue weighted by Gasteiger charge is -1.99. The van der Waals surface area contributed by atoms with Gasteiger partial charge < -0.3 is 27.3 Å². The highest BCUT2D eigenvalue weighted by Crippen LogP contribution is 2.28. The van der Waals surface area contributed by atoms with Gasteiger partial charge in [-0.05, 0) is 0 Å². The number of carbonyl (C=O) groups excluding carboxylic acids is 2. The summed E-state index contributed by atoms with van der Waals surface area (Å²) in [5.74, 6) is -3.31. The fraction of sp³-hybridized carbons (Fsp3) is 0.125. The molecule has 0 radical (unpaired) electrons. The third-order valence-electron chi connectivity index (χ3n) is 1.83. The predicted molar refractivity (Wildman–Crippen MR) is 60.6 cm³/mol. The largest absolute Gasteiger partial charge is 0.481 e. The molecule has 17 heavy (non-hydrogen) atoms. The third-order valence-corrected chi connectivity index (χ3v) is 2.81. The molecule has 9 heteroatoms. The molecular formula is C8H10N4O4S. The van der Waals surface area contributed by atoms with Crippen LogP contribution in [0, 0.1) is 0 Å². The number of primary amides is 2. The molecular weight excluding hydrogens is 248 g/mol. The first-order valence-electron chi connectivity index (χ1n) is 4.30. The van der Waals surface area contributed by atoms with Crippen LogP contribution in [0.4, 0.5) is 5.82 Å². The van der Waals surface area contributed by atoms with Gasteiger partial charge in [0.15, 0.2) is 0 Å². The zero-order chi connectivity index (χ0) is 13.2. The Labute approximate surface area is 99.5 Å². The first kappa shape index (κ1) is 12.9. The number of hydrogen-bond donors (Lipinski definition) is 5. The van der Waals surface area contributed by atoms with E-state index in [9.17, 15) is 14.4 Å². The van der Waals surface area contributed by atoms with E-state index < -0.39 is 17.8 Å². The Morgan fingerprint density at radius 2 is 1.71 bits per heavy atom. The Morgan fingerprint density at radius 1 is 1.18 bits per heavy atom. The number of nitrogens with two attached hydrogens (primary N) is 3.